The Hall–Kier alpha value is -0.940. The molecule has 0 saturated carbocycles. The topological polar surface area (TPSA) is 37.4 Å². The summed E-state index contributed by atoms with van der Waals surface area (Å²) < 4.78 is 39.3. The standard InChI is InChI=1S/C14H20FNO2S/c1-2-12-4-3-10-16(11-9-12)19(17,18)14-7-5-13(15)6-8-14/h5-8,12H,2-4,9-11H2,1H3. The normalized spacial score (nSPS) is 22.1. The second-order valence-electron chi connectivity index (χ2n) is 5.06. The predicted octanol–water partition coefficient (Wildman–Crippen LogP) is 3.03. The van der Waals surface area contributed by atoms with E-state index in [4.69, 9.17) is 0 Å². The van der Waals surface area contributed by atoms with E-state index in [2.05, 4.69) is 6.92 Å². The third-order valence-electron chi connectivity index (χ3n) is 3.84. The molecule has 3 nitrogen and oxygen atoms in total. The van der Waals surface area contributed by atoms with Crippen molar-refractivity contribution < 1.29 is 12.8 Å². The summed E-state index contributed by atoms with van der Waals surface area (Å²) in [6.45, 7) is 3.28. The van der Waals surface area contributed by atoms with E-state index in [0.717, 1.165) is 25.7 Å². The van der Waals surface area contributed by atoms with Crippen LogP contribution < -0.4 is 0 Å². The SMILES string of the molecule is CCC1CCCN(S(=O)(=O)c2ccc(F)cc2)CC1. The summed E-state index contributed by atoms with van der Waals surface area (Å²) in [5, 5.41) is 0. The summed E-state index contributed by atoms with van der Waals surface area (Å²) >= 11 is 0. The zero-order chi connectivity index (χ0) is 13.9. The van der Waals surface area contributed by atoms with Gasteiger partial charge in [-0.3, -0.25) is 0 Å². The molecule has 1 aliphatic rings. The Kier molecular flexibility index (Phi) is 4.58. The predicted molar refractivity (Wildman–Crippen MR) is 72.8 cm³/mol. The summed E-state index contributed by atoms with van der Waals surface area (Å²) in [5.41, 5.74) is 0. The molecule has 1 aromatic carbocycles. The molecule has 0 bridgehead atoms. The number of nitrogens with zero attached hydrogens (tertiary/aromatic N) is 1. The van der Waals surface area contributed by atoms with Crippen LogP contribution in [0.15, 0.2) is 29.2 Å². The highest BCUT2D eigenvalue weighted by Gasteiger charge is 2.26. The van der Waals surface area contributed by atoms with Crippen LogP contribution in [-0.4, -0.2) is 25.8 Å². The van der Waals surface area contributed by atoms with Crippen molar-refractivity contribution in [1.29, 1.82) is 0 Å². The lowest BCUT2D eigenvalue weighted by atomic mass is 9.98. The van der Waals surface area contributed by atoms with Crippen molar-refractivity contribution in [3.05, 3.63) is 30.1 Å². The lowest BCUT2D eigenvalue weighted by Crippen LogP contribution is -2.32. The molecule has 106 valence electrons. The third-order valence-corrected chi connectivity index (χ3v) is 5.75. The highest BCUT2D eigenvalue weighted by Crippen LogP contribution is 2.24. The largest absolute Gasteiger partial charge is 0.243 e. The van der Waals surface area contributed by atoms with E-state index in [9.17, 15) is 12.8 Å². The lowest BCUT2D eigenvalue weighted by Gasteiger charge is -2.20. The van der Waals surface area contributed by atoms with Gasteiger partial charge in [0.1, 0.15) is 5.82 Å². The minimum atomic E-state index is -3.47. The van der Waals surface area contributed by atoms with Crippen LogP contribution in [0, 0.1) is 11.7 Å². The van der Waals surface area contributed by atoms with Gasteiger partial charge in [0.25, 0.3) is 0 Å². The number of rotatable bonds is 3. The zero-order valence-corrected chi connectivity index (χ0v) is 12.0. The highest BCUT2D eigenvalue weighted by atomic mass is 32.2. The average molecular weight is 285 g/mol. The minimum Gasteiger partial charge on any atom is -0.207 e. The van der Waals surface area contributed by atoms with Crippen molar-refractivity contribution in [2.24, 2.45) is 5.92 Å². The molecule has 5 heteroatoms. The van der Waals surface area contributed by atoms with Gasteiger partial charge in [-0.25, -0.2) is 12.8 Å². The first-order valence-electron chi connectivity index (χ1n) is 6.79. The van der Waals surface area contributed by atoms with Gasteiger partial charge >= 0.3 is 0 Å². The fourth-order valence-electron chi connectivity index (χ4n) is 2.54. The van der Waals surface area contributed by atoms with Gasteiger partial charge in [0.2, 0.25) is 10.0 Å². The zero-order valence-electron chi connectivity index (χ0n) is 11.2. The summed E-state index contributed by atoms with van der Waals surface area (Å²) in [7, 11) is -3.47. The molecule has 0 aliphatic carbocycles. The van der Waals surface area contributed by atoms with E-state index in [1.807, 2.05) is 0 Å². The fraction of sp³-hybridized carbons (Fsp3) is 0.571. The Bertz CT molecular complexity index is 513. The Morgan fingerprint density at radius 3 is 2.53 bits per heavy atom. The Morgan fingerprint density at radius 2 is 1.89 bits per heavy atom. The molecule has 0 spiro atoms. The van der Waals surface area contributed by atoms with Gasteiger partial charge in [-0.15, -0.1) is 0 Å². The number of hydrogen-bond donors (Lipinski definition) is 0. The van der Waals surface area contributed by atoms with E-state index < -0.39 is 15.8 Å². The second kappa shape index (κ2) is 6.01. The number of halogens is 1. The van der Waals surface area contributed by atoms with Crippen LogP contribution in [0.25, 0.3) is 0 Å². The monoisotopic (exact) mass is 285 g/mol. The Balaban J connectivity index is 2.17. The van der Waals surface area contributed by atoms with Gasteiger partial charge in [0.05, 0.1) is 4.90 Å². The molecule has 1 unspecified atom stereocenters. The van der Waals surface area contributed by atoms with Crippen molar-refractivity contribution in [3.63, 3.8) is 0 Å². The average Bonchev–Trinajstić information content (AvgIpc) is 2.65. The van der Waals surface area contributed by atoms with Gasteiger partial charge in [-0.05, 0) is 49.4 Å². The molecule has 2 rings (SSSR count). The van der Waals surface area contributed by atoms with Crippen LogP contribution in [0.4, 0.5) is 4.39 Å². The molecule has 1 fully saturated rings. The number of benzene rings is 1. The molecule has 0 amide bonds. The van der Waals surface area contributed by atoms with Gasteiger partial charge in [0, 0.05) is 13.1 Å². The molecule has 1 atom stereocenters. The Morgan fingerprint density at radius 1 is 1.21 bits per heavy atom. The van der Waals surface area contributed by atoms with Gasteiger partial charge in [0.15, 0.2) is 0 Å². The second-order valence-corrected chi connectivity index (χ2v) is 7.00. The molecule has 0 radical (unpaired) electrons. The maximum atomic E-state index is 12.9. The lowest BCUT2D eigenvalue weighted by molar-refractivity contribution is 0.407. The molecule has 1 aliphatic heterocycles. The van der Waals surface area contributed by atoms with Crippen molar-refractivity contribution in [1.82, 2.24) is 4.31 Å². The molecule has 1 aromatic rings. The fourth-order valence-corrected chi connectivity index (χ4v) is 4.04. The van der Waals surface area contributed by atoms with Crippen molar-refractivity contribution in [3.8, 4) is 0 Å². The van der Waals surface area contributed by atoms with Crippen LogP contribution in [-0.2, 0) is 10.0 Å². The molecular weight excluding hydrogens is 265 g/mol. The number of sulfonamides is 1. The quantitative estimate of drug-likeness (QED) is 0.856. The highest BCUT2D eigenvalue weighted by molar-refractivity contribution is 7.89. The van der Waals surface area contributed by atoms with Gasteiger partial charge in [-0.2, -0.15) is 4.31 Å². The molecule has 0 aromatic heterocycles. The first-order valence-corrected chi connectivity index (χ1v) is 8.23. The van der Waals surface area contributed by atoms with Crippen LogP contribution in [0.2, 0.25) is 0 Å². The van der Waals surface area contributed by atoms with Crippen LogP contribution in [0.1, 0.15) is 32.6 Å². The summed E-state index contributed by atoms with van der Waals surface area (Å²) in [4.78, 5) is 0.184. The molecular formula is C14H20FNO2S. The Labute approximate surface area is 114 Å². The minimum absolute atomic E-state index is 0.184. The molecule has 1 saturated heterocycles. The van der Waals surface area contributed by atoms with Gasteiger partial charge in [-0.1, -0.05) is 13.3 Å². The van der Waals surface area contributed by atoms with E-state index in [0.29, 0.717) is 19.0 Å². The first kappa shape index (κ1) is 14.5. The summed E-state index contributed by atoms with van der Waals surface area (Å²) in [6, 6.07) is 5.07. The van der Waals surface area contributed by atoms with E-state index >= 15 is 0 Å². The molecule has 1 heterocycles. The van der Waals surface area contributed by atoms with E-state index in [1.54, 1.807) is 0 Å². The van der Waals surface area contributed by atoms with Crippen molar-refractivity contribution >= 4 is 10.0 Å². The number of hydrogen-bond acceptors (Lipinski definition) is 2. The van der Waals surface area contributed by atoms with Gasteiger partial charge < -0.3 is 0 Å². The molecule has 19 heavy (non-hydrogen) atoms. The van der Waals surface area contributed by atoms with Crippen molar-refractivity contribution in [2.45, 2.75) is 37.5 Å². The van der Waals surface area contributed by atoms with Crippen molar-refractivity contribution in [2.75, 3.05) is 13.1 Å². The van der Waals surface area contributed by atoms with Crippen LogP contribution in [0.5, 0.6) is 0 Å². The van der Waals surface area contributed by atoms with Crippen LogP contribution in [0.3, 0.4) is 0 Å². The maximum absolute atomic E-state index is 12.9. The third kappa shape index (κ3) is 3.34. The maximum Gasteiger partial charge on any atom is 0.243 e. The summed E-state index contributed by atoms with van der Waals surface area (Å²) in [5.74, 6) is 0.203. The smallest absolute Gasteiger partial charge is 0.207 e. The summed E-state index contributed by atoms with van der Waals surface area (Å²) in [6.07, 6.45) is 4.01. The first-order chi connectivity index (χ1) is 9.04. The van der Waals surface area contributed by atoms with Crippen LogP contribution >= 0.6 is 0 Å². The van der Waals surface area contributed by atoms with E-state index in [1.165, 1.54) is 28.6 Å². The molecule has 0 N–H and O–H groups in total. The van der Waals surface area contributed by atoms with E-state index in [-0.39, 0.29) is 4.90 Å².